The molecule has 0 aromatic carbocycles. The van der Waals surface area contributed by atoms with Gasteiger partial charge in [-0.25, -0.2) is 13.4 Å². The fourth-order valence-corrected chi connectivity index (χ4v) is 5.67. The second-order valence-corrected chi connectivity index (χ2v) is 10.1. The zero-order chi connectivity index (χ0) is 21.5. The zero-order valence-corrected chi connectivity index (χ0v) is 18.8. The predicted molar refractivity (Wildman–Crippen MR) is 114 cm³/mol. The van der Waals surface area contributed by atoms with Crippen LogP contribution in [0.2, 0.25) is 0 Å². The van der Waals surface area contributed by atoms with Crippen molar-refractivity contribution in [2.45, 2.75) is 18.4 Å². The second kappa shape index (κ2) is 7.97. The van der Waals surface area contributed by atoms with Gasteiger partial charge in [-0.15, -0.1) is 11.3 Å². The van der Waals surface area contributed by atoms with E-state index in [0.29, 0.717) is 37.6 Å². The molecule has 0 aliphatic carbocycles. The predicted octanol–water partition coefficient (Wildman–Crippen LogP) is 1.73. The number of aromatic nitrogens is 4. The summed E-state index contributed by atoms with van der Waals surface area (Å²) in [6, 6.07) is 5.71. The number of sulfonamides is 1. The molecule has 1 fully saturated rings. The quantitative estimate of drug-likeness (QED) is 0.606. The number of carbonyl (C=O) groups excluding carboxylic acids is 1. The molecule has 11 heteroatoms. The van der Waals surface area contributed by atoms with Crippen molar-refractivity contribution in [1.29, 1.82) is 0 Å². The van der Waals surface area contributed by atoms with Gasteiger partial charge in [0.2, 0.25) is 0 Å². The van der Waals surface area contributed by atoms with Crippen LogP contribution in [0.15, 0.2) is 34.8 Å². The number of rotatable bonds is 4. The molecule has 3 aromatic heterocycles. The van der Waals surface area contributed by atoms with Gasteiger partial charge in [-0.05, 0) is 30.9 Å². The van der Waals surface area contributed by atoms with Crippen LogP contribution in [0.1, 0.15) is 22.7 Å². The van der Waals surface area contributed by atoms with Gasteiger partial charge in [0.25, 0.3) is 15.9 Å². The Morgan fingerprint density at radius 2 is 1.97 bits per heavy atom. The van der Waals surface area contributed by atoms with Crippen LogP contribution in [0, 0.1) is 6.92 Å². The van der Waals surface area contributed by atoms with Crippen molar-refractivity contribution in [2.75, 3.05) is 26.2 Å². The van der Waals surface area contributed by atoms with E-state index in [1.165, 1.54) is 10.5 Å². The molecule has 0 N–H and O–H groups in total. The first-order valence-electron chi connectivity index (χ1n) is 9.64. The summed E-state index contributed by atoms with van der Waals surface area (Å²) in [7, 11) is -0.169. The van der Waals surface area contributed by atoms with Crippen molar-refractivity contribution in [2.24, 2.45) is 14.1 Å². The Hall–Kier alpha value is -2.50. The van der Waals surface area contributed by atoms with Gasteiger partial charge in [0.15, 0.2) is 5.03 Å². The zero-order valence-electron chi connectivity index (χ0n) is 17.1. The molecule has 160 valence electrons. The highest BCUT2D eigenvalue weighted by atomic mass is 32.2. The Morgan fingerprint density at radius 3 is 2.63 bits per heavy atom. The van der Waals surface area contributed by atoms with Crippen molar-refractivity contribution in [1.82, 2.24) is 28.5 Å². The van der Waals surface area contributed by atoms with E-state index >= 15 is 0 Å². The maximum Gasteiger partial charge on any atom is 0.272 e. The van der Waals surface area contributed by atoms with Gasteiger partial charge in [-0.3, -0.25) is 9.48 Å². The highest BCUT2D eigenvalue weighted by molar-refractivity contribution is 7.89. The minimum atomic E-state index is -3.69. The summed E-state index contributed by atoms with van der Waals surface area (Å²) in [4.78, 5) is 20.0. The minimum Gasteiger partial charge on any atom is -0.337 e. The summed E-state index contributed by atoms with van der Waals surface area (Å²) in [5.74, 6) is 0.499. The smallest absolute Gasteiger partial charge is 0.272 e. The Morgan fingerprint density at radius 1 is 1.17 bits per heavy atom. The number of aryl methyl sites for hydroxylation is 3. The first-order chi connectivity index (χ1) is 14.3. The lowest BCUT2D eigenvalue weighted by molar-refractivity contribution is 0.0753. The standard InChI is InChI=1S/C19H24N6O3S2/c1-14-20-18(13-22(14)2)30(27,28)25-8-5-7-24(9-10-25)19(26)16-12-15(21-23(16)3)17-6-4-11-29-17/h4,6,11-13H,5,7-10H2,1-3H3. The number of nitrogens with zero attached hydrogens (tertiary/aromatic N) is 6. The molecule has 1 aliphatic heterocycles. The number of thiophene rings is 1. The van der Waals surface area contributed by atoms with Gasteiger partial charge < -0.3 is 9.47 Å². The average Bonchev–Trinajstić information content (AvgIpc) is 3.39. The van der Waals surface area contributed by atoms with Gasteiger partial charge in [-0.1, -0.05) is 6.07 Å². The first-order valence-corrected chi connectivity index (χ1v) is 12.0. The maximum atomic E-state index is 13.1. The van der Waals surface area contributed by atoms with Crippen molar-refractivity contribution < 1.29 is 13.2 Å². The number of hydrogen-bond donors (Lipinski definition) is 0. The van der Waals surface area contributed by atoms with E-state index in [1.807, 2.05) is 17.5 Å². The van der Waals surface area contributed by atoms with Gasteiger partial charge in [-0.2, -0.15) is 9.40 Å². The van der Waals surface area contributed by atoms with Crippen molar-refractivity contribution >= 4 is 27.3 Å². The molecule has 3 aromatic rings. The topological polar surface area (TPSA) is 93.3 Å². The number of carbonyl (C=O) groups is 1. The van der Waals surface area contributed by atoms with Crippen LogP contribution in [0.4, 0.5) is 0 Å². The summed E-state index contributed by atoms with van der Waals surface area (Å²) < 4.78 is 30.6. The average molecular weight is 449 g/mol. The summed E-state index contributed by atoms with van der Waals surface area (Å²) in [5.41, 5.74) is 1.26. The van der Waals surface area contributed by atoms with E-state index in [-0.39, 0.29) is 17.5 Å². The molecule has 1 aliphatic rings. The van der Waals surface area contributed by atoms with E-state index in [4.69, 9.17) is 0 Å². The lowest BCUT2D eigenvalue weighted by atomic mass is 10.2. The molecule has 0 unspecified atom stereocenters. The summed E-state index contributed by atoms with van der Waals surface area (Å²) in [5, 5.41) is 6.48. The summed E-state index contributed by atoms with van der Waals surface area (Å²) >= 11 is 1.57. The van der Waals surface area contributed by atoms with E-state index in [1.54, 1.807) is 52.6 Å². The van der Waals surface area contributed by atoms with Gasteiger partial charge in [0, 0.05) is 46.5 Å². The molecule has 4 heterocycles. The number of hydrogen-bond acceptors (Lipinski definition) is 6. The summed E-state index contributed by atoms with van der Waals surface area (Å²) in [6.07, 6.45) is 2.09. The monoisotopic (exact) mass is 448 g/mol. The molecule has 9 nitrogen and oxygen atoms in total. The SMILES string of the molecule is Cc1nc(S(=O)(=O)N2CCCN(C(=O)c3cc(-c4cccs4)nn3C)CC2)cn1C. The summed E-state index contributed by atoms with van der Waals surface area (Å²) in [6.45, 7) is 3.17. The van der Waals surface area contributed by atoms with Crippen LogP contribution >= 0.6 is 11.3 Å². The third kappa shape index (κ3) is 3.80. The Bertz CT molecular complexity index is 1140. The third-order valence-corrected chi connectivity index (χ3v) is 7.97. The van der Waals surface area contributed by atoms with Crippen LogP contribution in [0.3, 0.4) is 0 Å². The lowest BCUT2D eigenvalue weighted by Crippen LogP contribution is -2.38. The molecular formula is C19H24N6O3S2. The van der Waals surface area contributed by atoms with Gasteiger partial charge in [0.1, 0.15) is 17.2 Å². The highest BCUT2D eigenvalue weighted by Gasteiger charge is 2.31. The van der Waals surface area contributed by atoms with Gasteiger partial charge in [0.05, 0.1) is 4.88 Å². The lowest BCUT2D eigenvalue weighted by Gasteiger charge is -2.21. The van der Waals surface area contributed by atoms with E-state index < -0.39 is 10.0 Å². The largest absolute Gasteiger partial charge is 0.337 e. The molecule has 0 saturated carbocycles. The molecule has 30 heavy (non-hydrogen) atoms. The molecule has 0 spiro atoms. The molecule has 1 amide bonds. The van der Waals surface area contributed by atoms with E-state index in [9.17, 15) is 13.2 Å². The van der Waals surface area contributed by atoms with E-state index in [0.717, 1.165) is 10.6 Å². The first kappa shape index (κ1) is 20.8. The molecule has 4 rings (SSSR count). The minimum absolute atomic E-state index is 0.0505. The third-order valence-electron chi connectivity index (χ3n) is 5.31. The molecule has 0 atom stereocenters. The Kier molecular flexibility index (Phi) is 5.51. The van der Waals surface area contributed by atoms with Crippen LogP contribution in [0.5, 0.6) is 0 Å². The Labute approximate surface area is 179 Å². The fourth-order valence-electron chi connectivity index (χ4n) is 3.49. The number of imidazole rings is 1. The highest BCUT2D eigenvalue weighted by Crippen LogP contribution is 2.25. The molecular weight excluding hydrogens is 424 g/mol. The fraction of sp³-hybridized carbons (Fsp3) is 0.421. The molecule has 1 saturated heterocycles. The van der Waals surface area contributed by atoms with Crippen LogP contribution < -0.4 is 0 Å². The van der Waals surface area contributed by atoms with Crippen LogP contribution in [-0.4, -0.2) is 69.0 Å². The van der Waals surface area contributed by atoms with Crippen LogP contribution in [-0.2, 0) is 24.1 Å². The van der Waals surface area contributed by atoms with E-state index in [2.05, 4.69) is 10.1 Å². The van der Waals surface area contributed by atoms with Crippen molar-refractivity contribution in [3.8, 4) is 10.6 Å². The Balaban J connectivity index is 1.50. The normalized spacial score (nSPS) is 16.0. The number of amides is 1. The van der Waals surface area contributed by atoms with Crippen molar-refractivity contribution in [3.05, 3.63) is 41.3 Å². The van der Waals surface area contributed by atoms with Crippen LogP contribution in [0.25, 0.3) is 10.6 Å². The molecule has 0 radical (unpaired) electrons. The second-order valence-electron chi connectivity index (χ2n) is 7.30. The molecule has 0 bridgehead atoms. The maximum absolute atomic E-state index is 13.1. The van der Waals surface area contributed by atoms with Gasteiger partial charge >= 0.3 is 0 Å². The van der Waals surface area contributed by atoms with Crippen molar-refractivity contribution in [3.63, 3.8) is 0 Å².